The number of nitrogens with zero attached hydrogens (tertiary/aromatic N) is 2. The zero-order valence-corrected chi connectivity index (χ0v) is 14.0. The van der Waals surface area contributed by atoms with Crippen LogP contribution in [-0.2, 0) is 16.0 Å². The van der Waals surface area contributed by atoms with Crippen molar-refractivity contribution in [1.82, 2.24) is 9.80 Å². The number of rotatable bonds is 3. The lowest BCUT2D eigenvalue weighted by atomic mass is 10.0. The van der Waals surface area contributed by atoms with Crippen LogP contribution in [-0.4, -0.2) is 51.7 Å². The maximum absolute atomic E-state index is 12.4. The van der Waals surface area contributed by atoms with Crippen molar-refractivity contribution in [3.05, 3.63) is 35.4 Å². The van der Waals surface area contributed by atoms with Gasteiger partial charge in [-0.25, -0.2) is 0 Å². The Kier molecular flexibility index (Phi) is 4.71. The van der Waals surface area contributed by atoms with Crippen molar-refractivity contribution in [2.45, 2.75) is 32.2 Å². The van der Waals surface area contributed by atoms with Gasteiger partial charge in [0.1, 0.15) is 0 Å². The van der Waals surface area contributed by atoms with Gasteiger partial charge in [0.05, 0.1) is 12.2 Å². The summed E-state index contributed by atoms with van der Waals surface area (Å²) < 4.78 is 0. The highest BCUT2D eigenvalue weighted by Crippen LogP contribution is 2.26. The third kappa shape index (κ3) is 3.58. The summed E-state index contributed by atoms with van der Waals surface area (Å²) in [5, 5.41) is -0.139. The van der Waals surface area contributed by atoms with Crippen LogP contribution >= 0.6 is 11.8 Å². The third-order valence-electron chi connectivity index (χ3n) is 4.40. The summed E-state index contributed by atoms with van der Waals surface area (Å²) in [6.07, 6.45) is 1.76. The normalized spacial score (nSPS) is 19.5. The van der Waals surface area contributed by atoms with Crippen LogP contribution in [0.1, 0.15) is 24.0 Å². The van der Waals surface area contributed by atoms with Crippen LogP contribution in [0.5, 0.6) is 0 Å². The smallest absolute Gasteiger partial charge is 0.289 e. The summed E-state index contributed by atoms with van der Waals surface area (Å²) >= 11 is 1.07. The summed E-state index contributed by atoms with van der Waals surface area (Å²) in [6, 6.07) is 7.93. The molecule has 0 N–H and O–H groups in total. The molecule has 0 radical (unpaired) electrons. The summed E-state index contributed by atoms with van der Waals surface area (Å²) in [6.45, 7) is 3.23. The fourth-order valence-corrected chi connectivity index (χ4v) is 3.98. The number of benzene rings is 1. The zero-order chi connectivity index (χ0) is 16.4. The number of imide groups is 1. The molecule has 0 spiro atoms. The Labute approximate surface area is 140 Å². The summed E-state index contributed by atoms with van der Waals surface area (Å²) in [7, 11) is 0. The molecular weight excluding hydrogens is 312 g/mol. The van der Waals surface area contributed by atoms with E-state index in [4.69, 9.17) is 0 Å². The van der Waals surface area contributed by atoms with E-state index in [1.54, 1.807) is 0 Å². The first-order valence-corrected chi connectivity index (χ1v) is 8.85. The van der Waals surface area contributed by atoms with E-state index in [-0.39, 0.29) is 28.8 Å². The number of likely N-dealkylation sites (tertiary alicyclic amines) is 1. The molecule has 1 aromatic carbocycles. The minimum Gasteiger partial charge on any atom is -0.342 e. The molecule has 2 heterocycles. The van der Waals surface area contributed by atoms with Gasteiger partial charge >= 0.3 is 0 Å². The molecule has 23 heavy (non-hydrogen) atoms. The lowest BCUT2D eigenvalue weighted by Crippen LogP contribution is -2.48. The molecule has 3 rings (SSSR count). The highest BCUT2D eigenvalue weighted by atomic mass is 32.2. The summed E-state index contributed by atoms with van der Waals surface area (Å²) in [4.78, 5) is 39.2. The number of carbonyl (C=O) groups is 3. The molecule has 0 bridgehead atoms. The number of hydrogen-bond donors (Lipinski definition) is 0. The highest BCUT2D eigenvalue weighted by molar-refractivity contribution is 8.14. The maximum Gasteiger partial charge on any atom is 0.289 e. The summed E-state index contributed by atoms with van der Waals surface area (Å²) in [5.74, 6) is 0.276. The Hall–Kier alpha value is -1.82. The second-order valence-electron chi connectivity index (χ2n) is 6.10. The Morgan fingerprint density at radius 3 is 2.61 bits per heavy atom. The topological polar surface area (TPSA) is 57.7 Å². The van der Waals surface area contributed by atoms with Crippen molar-refractivity contribution in [1.29, 1.82) is 0 Å². The van der Waals surface area contributed by atoms with E-state index in [1.807, 2.05) is 36.1 Å². The Morgan fingerprint density at radius 1 is 1.26 bits per heavy atom. The van der Waals surface area contributed by atoms with E-state index in [9.17, 15) is 14.4 Å². The first-order chi connectivity index (χ1) is 11.0. The van der Waals surface area contributed by atoms with Gasteiger partial charge in [-0.2, -0.15) is 0 Å². The standard InChI is InChI=1S/C17H20N2O3S/c1-12-3-2-4-13(9-12)10-15(20)18-7-5-14(6-8-18)19-16(21)11-23-17(19)22/h2-4,9,14H,5-8,10-11H2,1H3. The van der Waals surface area contributed by atoms with E-state index in [1.165, 1.54) is 4.90 Å². The van der Waals surface area contributed by atoms with Crippen LogP contribution in [0.3, 0.4) is 0 Å². The van der Waals surface area contributed by atoms with Crippen molar-refractivity contribution in [2.24, 2.45) is 0 Å². The van der Waals surface area contributed by atoms with Gasteiger partial charge in [0.25, 0.3) is 5.24 Å². The van der Waals surface area contributed by atoms with Gasteiger partial charge in [0, 0.05) is 19.1 Å². The molecule has 0 aliphatic carbocycles. The molecule has 2 fully saturated rings. The number of piperidine rings is 1. The molecule has 0 atom stereocenters. The quantitative estimate of drug-likeness (QED) is 0.852. The average molecular weight is 332 g/mol. The second kappa shape index (κ2) is 6.74. The van der Waals surface area contributed by atoms with Crippen molar-refractivity contribution in [2.75, 3.05) is 18.8 Å². The second-order valence-corrected chi connectivity index (χ2v) is 7.02. The highest BCUT2D eigenvalue weighted by Gasteiger charge is 2.37. The minimum atomic E-state index is -0.139. The van der Waals surface area contributed by atoms with E-state index in [2.05, 4.69) is 0 Å². The molecule has 0 unspecified atom stereocenters. The van der Waals surface area contributed by atoms with Crippen LogP contribution in [0.4, 0.5) is 4.79 Å². The van der Waals surface area contributed by atoms with Gasteiger partial charge in [-0.15, -0.1) is 0 Å². The fourth-order valence-electron chi connectivity index (χ4n) is 3.20. The van der Waals surface area contributed by atoms with Crippen molar-refractivity contribution in [3.63, 3.8) is 0 Å². The first kappa shape index (κ1) is 16.1. The van der Waals surface area contributed by atoms with Gasteiger partial charge in [-0.3, -0.25) is 19.3 Å². The van der Waals surface area contributed by atoms with Gasteiger partial charge in [-0.05, 0) is 25.3 Å². The van der Waals surface area contributed by atoms with Crippen molar-refractivity contribution >= 4 is 28.8 Å². The molecule has 1 aromatic rings. The predicted octanol–water partition coefficient (Wildman–Crippen LogP) is 2.22. The molecule has 2 aliphatic rings. The van der Waals surface area contributed by atoms with E-state index >= 15 is 0 Å². The molecule has 2 saturated heterocycles. The van der Waals surface area contributed by atoms with Crippen LogP contribution < -0.4 is 0 Å². The van der Waals surface area contributed by atoms with Crippen LogP contribution in [0, 0.1) is 6.92 Å². The monoisotopic (exact) mass is 332 g/mol. The van der Waals surface area contributed by atoms with E-state index < -0.39 is 0 Å². The molecular formula is C17H20N2O3S. The number of amides is 3. The van der Waals surface area contributed by atoms with Crippen LogP contribution in [0.15, 0.2) is 24.3 Å². The Morgan fingerprint density at radius 2 is 2.00 bits per heavy atom. The SMILES string of the molecule is Cc1cccc(CC(=O)N2CCC(N3C(=O)CSC3=O)CC2)c1. The third-order valence-corrected chi connectivity index (χ3v) is 5.24. The molecule has 0 aromatic heterocycles. The zero-order valence-electron chi connectivity index (χ0n) is 13.2. The van der Waals surface area contributed by atoms with Gasteiger partial charge in [-0.1, -0.05) is 41.6 Å². The lowest BCUT2D eigenvalue weighted by molar-refractivity contribution is -0.132. The van der Waals surface area contributed by atoms with Gasteiger partial charge in [0.15, 0.2) is 0 Å². The van der Waals surface area contributed by atoms with Crippen LogP contribution in [0.2, 0.25) is 0 Å². The largest absolute Gasteiger partial charge is 0.342 e. The molecule has 2 aliphatic heterocycles. The molecule has 3 amide bonds. The minimum absolute atomic E-state index is 0.0481. The number of hydrogen-bond acceptors (Lipinski definition) is 4. The molecule has 6 heteroatoms. The average Bonchev–Trinajstić information content (AvgIpc) is 2.86. The number of aryl methyl sites for hydroxylation is 1. The van der Waals surface area contributed by atoms with Crippen molar-refractivity contribution < 1.29 is 14.4 Å². The molecule has 122 valence electrons. The molecule has 0 saturated carbocycles. The van der Waals surface area contributed by atoms with E-state index in [0.29, 0.717) is 32.4 Å². The first-order valence-electron chi connectivity index (χ1n) is 7.87. The van der Waals surface area contributed by atoms with Crippen molar-refractivity contribution in [3.8, 4) is 0 Å². The van der Waals surface area contributed by atoms with Gasteiger partial charge in [0.2, 0.25) is 11.8 Å². The van der Waals surface area contributed by atoms with Gasteiger partial charge < -0.3 is 4.90 Å². The summed E-state index contributed by atoms with van der Waals surface area (Å²) in [5.41, 5.74) is 2.18. The lowest BCUT2D eigenvalue weighted by Gasteiger charge is -2.35. The number of carbonyl (C=O) groups excluding carboxylic acids is 3. The predicted molar refractivity (Wildman–Crippen MR) is 89.2 cm³/mol. The van der Waals surface area contributed by atoms with Crippen LogP contribution in [0.25, 0.3) is 0 Å². The molecule has 5 nitrogen and oxygen atoms in total. The van der Waals surface area contributed by atoms with E-state index in [0.717, 1.165) is 22.9 Å². The Bertz CT molecular complexity index is 622. The maximum atomic E-state index is 12.4. The number of thioether (sulfide) groups is 1. The Balaban J connectivity index is 1.55. The fraction of sp³-hybridized carbons (Fsp3) is 0.471.